The SMILES string of the molecule is Cc1ccc(C(O)=C2C(=O)C(=O)N(c3nnc(SCc4ccccc4Cl)s3)C2c2ccc([N+](=O)[O-])cc2)cc1F. The van der Waals surface area contributed by atoms with Gasteiger partial charge in [-0.25, -0.2) is 4.39 Å². The van der Waals surface area contributed by atoms with Crippen LogP contribution in [0.25, 0.3) is 5.76 Å². The number of aliphatic hydroxyl groups excluding tert-OH is 1. The highest BCUT2D eigenvalue weighted by Crippen LogP contribution is 2.44. The number of nitro benzene ring substituents is 1. The van der Waals surface area contributed by atoms with Crippen molar-refractivity contribution in [2.45, 2.75) is 23.1 Å². The van der Waals surface area contributed by atoms with Crippen LogP contribution in [0.1, 0.15) is 28.3 Å². The lowest BCUT2D eigenvalue weighted by atomic mass is 9.95. The highest BCUT2D eigenvalue weighted by atomic mass is 35.5. The fraction of sp³-hybridized carbons (Fsp3) is 0.111. The number of hydrogen-bond acceptors (Lipinski definition) is 9. The molecule has 0 spiro atoms. The number of aromatic nitrogens is 2. The molecule has 1 fully saturated rings. The van der Waals surface area contributed by atoms with Crippen molar-refractivity contribution in [3.05, 3.63) is 116 Å². The van der Waals surface area contributed by atoms with Gasteiger partial charge in [-0.05, 0) is 47.9 Å². The maximum atomic E-state index is 14.3. The van der Waals surface area contributed by atoms with Crippen LogP contribution in [0.5, 0.6) is 0 Å². The number of carbonyl (C=O) groups excluding carboxylic acids is 2. The maximum absolute atomic E-state index is 14.3. The third-order valence-electron chi connectivity index (χ3n) is 6.22. The lowest BCUT2D eigenvalue weighted by Gasteiger charge is -2.22. The molecule has 0 bridgehead atoms. The van der Waals surface area contributed by atoms with Crippen LogP contribution in [0.2, 0.25) is 5.02 Å². The second-order valence-corrected chi connectivity index (χ2v) is 11.3. The number of nitro groups is 1. The van der Waals surface area contributed by atoms with Crippen molar-refractivity contribution in [3.8, 4) is 0 Å². The van der Waals surface area contributed by atoms with Crippen molar-refractivity contribution in [1.82, 2.24) is 10.2 Å². The molecule has 1 aliphatic rings. The zero-order chi connectivity index (χ0) is 28.6. The number of carbonyl (C=O) groups is 2. The molecule has 1 aromatic heterocycles. The van der Waals surface area contributed by atoms with Crippen LogP contribution >= 0.6 is 34.7 Å². The van der Waals surface area contributed by atoms with Gasteiger partial charge in [0.05, 0.1) is 16.5 Å². The Morgan fingerprint density at radius 1 is 1.15 bits per heavy atom. The number of nitrogens with zero attached hydrogens (tertiary/aromatic N) is 4. The molecular weight excluding hydrogens is 579 g/mol. The van der Waals surface area contributed by atoms with E-state index in [0.29, 0.717) is 26.2 Å². The first-order chi connectivity index (χ1) is 19.2. The zero-order valence-corrected chi connectivity index (χ0v) is 23.0. The summed E-state index contributed by atoms with van der Waals surface area (Å²) < 4.78 is 14.8. The molecule has 0 saturated carbocycles. The molecule has 1 amide bonds. The predicted octanol–water partition coefficient (Wildman–Crippen LogP) is 6.47. The van der Waals surface area contributed by atoms with Crippen molar-refractivity contribution in [2.75, 3.05) is 4.90 Å². The van der Waals surface area contributed by atoms with Crippen LogP contribution < -0.4 is 4.90 Å². The maximum Gasteiger partial charge on any atom is 0.301 e. The first-order valence-corrected chi connectivity index (χ1v) is 13.8. The minimum absolute atomic E-state index is 0.00117. The van der Waals surface area contributed by atoms with Crippen molar-refractivity contribution in [1.29, 1.82) is 0 Å². The number of benzene rings is 3. The van der Waals surface area contributed by atoms with Gasteiger partial charge in [0.25, 0.3) is 11.5 Å². The monoisotopic (exact) mass is 596 g/mol. The Balaban J connectivity index is 1.57. The molecule has 1 aliphatic heterocycles. The number of non-ortho nitro benzene ring substituents is 1. The topological polar surface area (TPSA) is 127 Å². The standard InChI is InChI=1S/C27H18ClFN4O5S2/c1-14-6-7-16(12-20(14)29)23(34)21-22(15-8-10-18(11-9-15)33(37)38)32(25(36)24(21)35)26-30-31-27(40-26)39-13-17-4-2-3-5-19(17)28/h2-12,22,34H,13H2,1H3. The van der Waals surface area contributed by atoms with Crippen molar-refractivity contribution in [2.24, 2.45) is 0 Å². The van der Waals surface area contributed by atoms with Gasteiger partial charge in [-0.2, -0.15) is 0 Å². The van der Waals surface area contributed by atoms with Crippen LogP contribution in [0.4, 0.5) is 15.2 Å². The summed E-state index contributed by atoms with van der Waals surface area (Å²) in [6.45, 7) is 1.55. The van der Waals surface area contributed by atoms with Crippen LogP contribution in [-0.2, 0) is 15.3 Å². The number of aliphatic hydroxyl groups is 1. The second-order valence-electron chi connectivity index (χ2n) is 8.71. The molecule has 2 heterocycles. The highest BCUT2D eigenvalue weighted by Gasteiger charge is 2.48. The predicted molar refractivity (Wildman–Crippen MR) is 150 cm³/mol. The second kappa shape index (κ2) is 11.2. The zero-order valence-electron chi connectivity index (χ0n) is 20.6. The number of Topliss-reactive ketones (excluding diaryl/α,β-unsaturated/α-hetero) is 1. The van der Waals surface area contributed by atoms with Crippen molar-refractivity contribution >= 4 is 63.0 Å². The summed E-state index contributed by atoms with van der Waals surface area (Å²) in [5.41, 5.74) is 1.01. The lowest BCUT2D eigenvalue weighted by Crippen LogP contribution is -2.29. The first-order valence-electron chi connectivity index (χ1n) is 11.7. The number of amides is 1. The van der Waals surface area contributed by atoms with Gasteiger partial charge in [-0.3, -0.25) is 24.6 Å². The molecule has 1 saturated heterocycles. The molecule has 1 atom stereocenters. The van der Waals surface area contributed by atoms with E-state index in [2.05, 4.69) is 10.2 Å². The summed E-state index contributed by atoms with van der Waals surface area (Å²) in [6, 6.07) is 15.3. The number of ketones is 1. The summed E-state index contributed by atoms with van der Waals surface area (Å²) in [4.78, 5) is 38.3. The van der Waals surface area contributed by atoms with E-state index in [1.807, 2.05) is 18.2 Å². The Kier molecular flexibility index (Phi) is 7.66. The first kappa shape index (κ1) is 27.4. The third-order valence-corrected chi connectivity index (χ3v) is 8.69. The van der Waals surface area contributed by atoms with Crippen LogP contribution in [0.15, 0.2) is 76.6 Å². The minimum Gasteiger partial charge on any atom is -0.507 e. The van der Waals surface area contributed by atoms with E-state index in [1.165, 1.54) is 48.2 Å². The fourth-order valence-corrected chi connectivity index (χ4v) is 6.29. The van der Waals surface area contributed by atoms with E-state index < -0.39 is 34.2 Å². The van der Waals surface area contributed by atoms with Gasteiger partial charge >= 0.3 is 5.91 Å². The highest BCUT2D eigenvalue weighted by molar-refractivity contribution is 8.00. The summed E-state index contributed by atoms with van der Waals surface area (Å²) in [6.07, 6.45) is 0. The number of rotatable bonds is 7. The van der Waals surface area contributed by atoms with E-state index in [-0.39, 0.29) is 22.0 Å². The van der Waals surface area contributed by atoms with Gasteiger partial charge in [-0.1, -0.05) is 65.0 Å². The van der Waals surface area contributed by atoms with E-state index >= 15 is 0 Å². The van der Waals surface area contributed by atoms with Gasteiger partial charge in [0.15, 0.2) is 4.34 Å². The van der Waals surface area contributed by atoms with Crippen LogP contribution in [0, 0.1) is 22.9 Å². The van der Waals surface area contributed by atoms with Gasteiger partial charge in [0.2, 0.25) is 5.13 Å². The molecule has 13 heteroatoms. The number of anilines is 1. The van der Waals surface area contributed by atoms with Crippen molar-refractivity contribution in [3.63, 3.8) is 0 Å². The summed E-state index contributed by atoms with van der Waals surface area (Å²) in [5, 5.41) is 31.3. The molecule has 0 radical (unpaired) electrons. The molecule has 1 unspecified atom stereocenters. The molecule has 9 nitrogen and oxygen atoms in total. The summed E-state index contributed by atoms with van der Waals surface area (Å²) in [5.74, 6) is -2.69. The van der Waals surface area contributed by atoms with Crippen LogP contribution in [0.3, 0.4) is 0 Å². The largest absolute Gasteiger partial charge is 0.507 e. The van der Waals surface area contributed by atoms with E-state index in [0.717, 1.165) is 27.9 Å². The molecule has 202 valence electrons. The Morgan fingerprint density at radius 3 is 2.55 bits per heavy atom. The van der Waals surface area contributed by atoms with Gasteiger partial charge < -0.3 is 5.11 Å². The molecule has 3 aromatic carbocycles. The smallest absolute Gasteiger partial charge is 0.301 e. The quantitative estimate of drug-likeness (QED) is 0.0489. The molecule has 1 N–H and O–H groups in total. The molecule has 5 rings (SSSR count). The van der Waals surface area contributed by atoms with Crippen molar-refractivity contribution < 1.29 is 24.0 Å². The summed E-state index contributed by atoms with van der Waals surface area (Å²) in [7, 11) is 0. The number of thioether (sulfide) groups is 1. The van der Waals surface area contributed by atoms with Crippen LogP contribution in [-0.4, -0.2) is 31.9 Å². The van der Waals surface area contributed by atoms with E-state index in [9.17, 15) is 29.2 Å². The molecular formula is C27H18ClFN4O5S2. The fourth-order valence-electron chi connectivity index (χ4n) is 4.13. The average molecular weight is 597 g/mol. The average Bonchev–Trinajstić information content (AvgIpc) is 3.51. The Morgan fingerprint density at radius 2 is 1.88 bits per heavy atom. The Hall–Kier alpha value is -4.13. The number of hydrogen-bond donors (Lipinski definition) is 1. The van der Waals surface area contributed by atoms with E-state index in [4.69, 9.17) is 11.6 Å². The van der Waals surface area contributed by atoms with Gasteiger partial charge in [0.1, 0.15) is 11.6 Å². The number of aryl methyl sites for hydroxylation is 1. The molecule has 0 aliphatic carbocycles. The molecule has 40 heavy (non-hydrogen) atoms. The third kappa shape index (κ3) is 5.20. The number of halogens is 2. The summed E-state index contributed by atoms with van der Waals surface area (Å²) >= 11 is 8.63. The van der Waals surface area contributed by atoms with Gasteiger partial charge in [0, 0.05) is 28.5 Å². The lowest BCUT2D eigenvalue weighted by molar-refractivity contribution is -0.384. The van der Waals surface area contributed by atoms with E-state index in [1.54, 1.807) is 13.0 Å². The normalized spacial score (nSPS) is 16.5. The molecule has 4 aromatic rings. The van der Waals surface area contributed by atoms with Gasteiger partial charge in [-0.15, -0.1) is 10.2 Å². The Labute approximate surface area is 240 Å². The minimum atomic E-state index is -1.19. The Bertz CT molecular complexity index is 1690.